The summed E-state index contributed by atoms with van der Waals surface area (Å²) in [6, 6.07) is -0.869. The summed E-state index contributed by atoms with van der Waals surface area (Å²) in [7, 11) is 1.56. The smallest absolute Gasteiger partial charge is 0.387 e. The van der Waals surface area contributed by atoms with Crippen LogP contribution in [0.1, 0.15) is 354 Å². The van der Waals surface area contributed by atoms with Crippen molar-refractivity contribution in [1.29, 1.82) is 0 Å². The lowest BCUT2D eigenvalue weighted by molar-refractivity contribution is -0.870. The van der Waals surface area contributed by atoms with Crippen molar-refractivity contribution < 1.29 is 32.9 Å². The van der Waals surface area contributed by atoms with Crippen LogP contribution in [0.5, 0.6) is 0 Å². The van der Waals surface area contributed by atoms with E-state index in [-0.39, 0.29) is 19.1 Å². The topological polar surface area (TPSA) is 105 Å². The Bertz CT molecular complexity index is 1380. The van der Waals surface area contributed by atoms with Crippen molar-refractivity contribution in [2.45, 2.75) is 366 Å². The second kappa shape index (κ2) is 61.3. The minimum absolute atomic E-state index is 0.0554. The van der Waals surface area contributed by atoms with Crippen LogP contribution in [-0.4, -0.2) is 73.4 Å². The van der Waals surface area contributed by atoms with Crippen LogP contribution < -0.4 is 5.32 Å². The lowest BCUT2D eigenvalue weighted by atomic mass is 10.0. The van der Waals surface area contributed by atoms with E-state index in [1.54, 1.807) is 6.08 Å². The van der Waals surface area contributed by atoms with Crippen LogP contribution >= 0.6 is 7.82 Å². The molecule has 0 aromatic rings. The molecule has 0 spiro atoms. The zero-order chi connectivity index (χ0) is 57.7. The Hall–Kier alpha value is -1.28. The molecule has 9 heteroatoms. The highest BCUT2D eigenvalue weighted by atomic mass is 31.2. The maximum absolute atomic E-state index is 13.0. The number of nitrogens with zero attached hydrogens (tertiary/aromatic N) is 1. The highest BCUT2D eigenvalue weighted by Gasteiger charge is 2.28. The van der Waals surface area contributed by atoms with E-state index in [0.717, 1.165) is 44.9 Å². The third-order valence-corrected chi connectivity index (χ3v) is 17.1. The van der Waals surface area contributed by atoms with E-state index in [1.807, 2.05) is 27.2 Å². The Balaban J connectivity index is 4.11. The van der Waals surface area contributed by atoms with Crippen LogP contribution in [0.4, 0.5) is 0 Å². The molecule has 0 rings (SSSR count). The predicted octanol–water partition coefficient (Wildman–Crippen LogP) is 22.1. The molecule has 0 saturated heterocycles. The molecule has 0 radical (unpaired) electrons. The van der Waals surface area contributed by atoms with Gasteiger partial charge in [-0.05, 0) is 44.9 Å². The first-order valence-corrected chi connectivity index (χ1v) is 36.4. The molecule has 0 aromatic heterocycles. The third kappa shape index (κ3) is 64.1. The monoisotopic (exact) mass is 1130 g/mol. The number of allylic oxidation sites excluding steroid dienone is 5. The summed E-state index contributed by atoms with van der Waals surface area (Å²) in [4.78, 5) is 23.4. The van der Waals surface area contributed by atoms with Crippen LogP contribution in [0.2, 0.25) is 0 Å². The molecule has 0 fully saturated rings. The highest BCUT2D eigenvalue weighted by molar-refractivity contribution is 7.47. The second-order valence-electron chi connectivity index (χ2n) is 25.3. The van der Waals surface area contributed by atoms with Gasteiger partial charge in [-0.15, -0.1) is 0 Å². The number of quaternary nitrogens is 1. The first kappa shape index (κ1) is 77.7. The Morgan fingerprint density at radius 1 is 0.418 bits per heavy atom. The van der Waals surface area contributed by atoms with Crippen molar-refractivity contribution in [3.8, 4) is 0 Å². The number of hydrogen-bond acceptors (Lipinski definition) is 5. The van der Waals surface area contributed by atoms with Crippen LogP contribution in [0, 0.1) is 0 Å². The van der Waals surface area contributed by atoms with Crippen molar-refractivity contribution in [2.24, 2.45) is 0 Å². The molecule has 0 saturated carbocycles. The van der Waals surface area contributed by atoms with Crippen molar-refractivity contribution in [3.05, 3.63) is 36.5 Å². The van der Waals surface area contributed by atoms with Gasteiger partial charge in [-0.25, -0.2) is 4.57 Å². The van der Waals surface area contributed by atoms with Gasteiger partial charge in [0.15, 0.2) is 0 Å². The number of unbranched alkanes of at least 4 members (excludes halogenated alkanes) is 48. The van der Waals surface area contributed by atoms with Gasteiger partial charge in [0.25, 0.3) is 0 Å². The quantitative estimate of drug-likeness (QED) is 0.0243. The minimum Gasteiger partial charge on any atom is -0.387 e. The summed E-state index contributed by atoms with van der Waals surface area (Å²) < 4.78 is 23.8. The number of carbonyl (C=O) groups excluding carboxylic acids is 1. The number of aliphatic hydroxyl groups excluding tert-OH is 1. The molecule has 8 nitrogen and oxygen atoms in total. The molecular weight excluding hydrogens is 996 g/mol. The average molecular weight is 1130 g/mol. The first-order chi connectivity index (χ1) is 38.5. The number of aliphatic hydroxyl groups is 1. The van der Waals surface area contributed by atoms with Gasteiger partial charge in [0, 0.05) is 6.42 Å². The van der Waals surface area contributed by atoms with Crippen molar-refractivity contribution >= 4 is 13.7 Å². The molecule has 0 bridgehead atoms. The maximum Gasteiger partial charge on any atom is 0.472 e. The Morgan fingerprint density at radius 3 is 1.01 bits per heavy atom. The highest BCUT2D eigenvalue weighted by Crippen LogP contribution is 2.43. The molecule has 3 unspecified atom stereocenters. The van der Waals surface area contributed by atoms with Gasteiger partial charge in [0.1, 0.15) is 13.2 Å². The zero-order valence-electron chi connectivity index (χ0n) is 53.6. The maximum atomic E-state index is 13.0. The Morgan fingerprint density at radius 2 is 0.696 bits per heavy atom. The summed E-state index contributed by atoms with van der Waals surface area (Å²) in [5.41, 5.74) is 0. The molecule has 3 N–H and O–H groups in total. The molecule has 0 aliphatic heterocycles. The van der Waals surface area contributed by atoms with E-state index in [0.29, 0.717) is 17.4 Å². The van der Waals surface area contributed by atoms with Crippen molar-refractivity contribution in [1.82, 2.24) is 5.32 Å². The van der Waals surface area contributed by atoms with E-state index in [2.05, 4.69) is 43.5 Å². The molecule has 1 amide bonds. The van der Waals surface area contributed by atoms with Gasteiger partial charge >= 0.3 is 7.82 Å². The van der Waals surface area contributed by atoms with E-state index in [4.69, 9.17) is 9.05 Å². The summed E-state index contributed by atoms with van der Waals surface area (Å²) in [5.74, 6) is -0.183. The molecule has 79 heavy (non-hydrogen) atoms. The fraction of sp³-hybridized carbons (Fsp3) is 0.900. The lowest BCUT2D eigenvalue weighted by Gasteiger charge is -2.25. The lowest BCUT2D eigenvalue weighted by Crippen LogP contribution is -2.45. The number of amides is 1. The number of nitrogens with one attached hydrogen (secondary N) is 1. The fourth-order valence-electron chi connectivity index (χ4n) is 10.7. The summed E-state index contributed by atoms with van der Waals surface area (Å²) >= 11 is 0. The van der Waals surface area contributed by atoms with Gasteiger partial charge in [0.05, 0.1) is 39.9 Å². The fourth-order valence-corrected chi connectivity index (χ4v) is 11.4. The first-order valence-electron chi connectivity index (χ1n) is 34.9. The van der Waals surface area contributed by atoms with Gasteiger partial charge < -0.3 is 19.8 Å². The molecule has 0 aliphatic rings. The van der Waals surface area contributed by atoms with Crippen molar-refractivity contribution in [2.75, 3.05) is 40.9 Å². The average Bonchev–Trinajstić information content (AvgIpc) is 3.42. The van der Waals surface area contributed by atoms with Crippen LogP contribution in [-0.2, 0) is 18.4 Å². The number of phosphoric acid groups is 1. The number of carbonyl (C=O) groups is 1. The van der Waals surface area contributed by atoms with E-state index < -0.39 is 20.0 Å². The molecule has 0 heterocycles. The third-order valence-electron chi connectivity index (χ3n) is 16.1. The zero-order valence-corrected chi connectivity index (χ0v) is 54.5. The number of hydrogen-bond donors (Lipinski definition) is 3. The number of likely N-dealkylation sites (N-methyl/N-ethyl adjacent to an activating group) is 1. The van der Waals surface area contributed by atoms with Gasteiger partial charge in [-0.3, -0.25) is 13.8 Å². The minimum atomic E-state index is -4.36. The van der Waals surface area contributed by atoms with Crippen LogP contribution in [0.25, 0.3) is 0 Å². The van der Waals surface area contributed by atoms with E-state index in [9.17, 15) is 19.4 Å². The Labute approximate surface area is 493 Å². The summed E-state index contributed by atoms with van der Waals surface area (Å²) in [6.07, 6.45) is 81.6. The largest absolute Gasteiger partial charge is 0.472 e. The number of phosphoric ester groups is 1. The number of rotatable bonds is 65. The molecule has 0 aromatic carbocycles. The normalized spacial score (nSPS) is 13.9. The van der Waals surface area contributed by atoms with Crippen LogP contribution in [0.15, 0.2) is 36.5 Å². The summed E-state index contributed by atoms with van der Waals surface area (Å²) in [6.45, 7) is 4.85. The predicted molar refractivity (Wildman–Crippen MR) is 346 cm³/mol. The second-order valence-corrected chi connectivity index (χ2v) is 26.7. The van der Waals surface area contributed by atoms with E-state index >= 15 is 0 Å². The molecule has 468 valence electrons. The summed E-state index contributed by atoms with van der Waals surface area (Å²) in [5, 5.41) is 14.0. The molecule has 0 aliphatic carbocycles. The van der Waals surface area contributed by atoms with Crippen molar-refractivity contribution in [3.63, 3.8) is 0 Å². The van der Waals surface area contributed by atoms with Crippen LogP contribution in [0.3, 0.4) is 0 Å². The SMILES string of the molecule is CCCCCCCCCCCCCCCCCCCC/C=C/CC/C=C/CC/C=C/C(O)C(COP(=O)(O)OCC[N+](C)(C)C)NC(=O)CCCCCCCCCCCCCCCCCCCCCCCCCCCCCCC. The molecule has 3 atom stereocenters. The standard InChI is InChI=1S/C70H137N2O6P/c1-6-8-10-12-14-16-18-20-22-24-26-28-30-32-34-36-38-40-42-44-46-48-50-52-54-56-58-60-62-64-70(74)71-68(67-78-79(75,76)77-66-65-72(3,4)5)69(73)63-61-59-57-55-53-51-49-47-45-43-41-39-37-35-33-31-29-27-25-23-21-19-17-15-13-11-9-7-2/h45,47,53,55,61,63,68-69,73H,6-44,46,48-52,54,56-60,62,64-67H2,1-5H3,(H-,71,74,75,76)/p+1/b47-45+,55-53+,63-61+. The van der Waals surface area contributed by atoms with Gasteiger partial charge in [-0.2, -0.15) is 0 Å². The van der Waals surface area contributed by atoms with Gasteiger partial charge in [0.2, 0.25) is 5.91 Å². The van der Waals surface area contributed by atoms with Gasteiger partial charge in [-0.1, -0.05) is 339 Å². The molecular formula is C70H138N2O6P+. The Kier molecular flexibility index (Phi) is 60.3. The van der Waals surface area contributed by atoms with E-state index in [1.165, 1.54) is 289 Å².